The largest absolute Gasteiger partial charge is 0.266 e. The van der Waals surface area contributed by atoms with Crippen LogP contribution in [0.3, 0.4) is 0 Å². The zero-order chi connectivity index (χ0) is 9.36. The first-order valence-corrected chi connectivity index (χ1v) is 5.65. The van der Waals surface area contributed by atoms with E-state index in [0.29, 0.717) is 0 Å². The zero-order valence-corrected chi connectivity index (χ0v) is 8.76. The highest BCUT2D eigenvalue weighted by molar-refractivity contribution is 5.64. The predicted molar refractivity (Wildman–Crippen MR) is 59.2 cm³/mol. The zero-order valence-electron chi connectivity index (χ0n) is 8.76. The van der Waals surface area contributed by atoms with E-state index in [9.17, 15) is 0 Å². The molecule has 1 aliphatic heterocycles. The standard InChI is InChI=1S/C12H21N/c1-2-3-4-5-6-7-9-12-10-8-11-13-12/h10-11H,2-9H2,1H3. The molecule has 0 aliphatic carbocycles. The highest BCUT2D eigenvalue weighted by Gasteiger charge is 1.98. The molecule has 0 atom stereocenters. The van der Waals surface area contributed by atoms with E-state index >= 15 is 0 Å². The van der Waals surface area contributed by atoms with Gasteiger partial charge in [0.2, 0.25) is 0 Å². The summed E-state index contributed by atoms with van der Waals surface area (Å²) < 4.78 is 0. The molecule has 0 radical (unpaired) electrons. The summed E-state index contributed by atoms with van der Waals surface area (Å²) in [4.78, 5) is 4.31. The number of rotatable bonds is 7. The highest BCUT2D eigenvalue weighted by atomic mass is 14.7. The van der Waals surface area contributed by atoms with Gasteiger partial charge in [0.15, 0.2) is 0 Å². The smallest absolute Gasteiger partial charge is 0.0363 e. The van der Waals surface area contributed by atoms with Crippen LogP contribution in [-0.4, -0.2) is 6.21 Å². The van der Waals surface area contributed by atoms with E-state index < -0.39 is 0 Å². The second kappa shape index (κ2) is 6.88. The lowest BCUT2D eigenvalue weighted by atomic mass is 10.1. The van der Waals surface area contributed by atoms with Crippen LogP contribution in [0, 0.1) is 0 Å². The Kier molecular flexibility index (Phi) is 5.55. The second-order valence-electron chi connectivity index (χ2n) is 3.76. The van der Waals surface area contributed by atoms with Crippen LogP contribution < -0.4 is 0 Å². The Labute approximate surface area is 82.0 Å². The molecule has 1 heteroatoms. The Balaban J connectivity index is 1.86. The predicted octanol–water partition coefficient (Wildman–Crippen LogP) is 4.10. The summed E-state index contributed by atoms with van der Waals surface area (Å²) >= 11 is 0. The molecular formula is C12H21N. The van der Waals surface area contributed by atoms with Crippen LogP contribution in [0.4, 0.5) is 0 Å². The molecular weight excluding hydrogens is 158 g/mol. The fourth-order valence-corrected chi connectivity index (χ4v) is 1.66. The Morgan fingerprint density at radius 3 is 2.62 bits per heavy atom. The summed E-state index contributed by atoms with van der Waals surface area (Å²) in [5.74, 6) is 0. The molecule has 1 heterocycles. The Morgan fingerprint density at radius 1 is 1.15 bits per heavy atom. The van der Waals surface area contributed by atoms with Crippen LogP contribution in [0.25, 0.3) is 0 Å². The summed E-state index contributed by atoms with van der Waals surface area (Å²) in [6, 6.07) is 0. The lowest BCUT2D eigenvalue weighted by molar-refractivity contribution is 0.606. The highest BCUT2D eigenvalue weighted by Crippen LogP contribution is 2.15. The van der Waals surface area contributed by atoms with Crippen LogP contribution in [0.5, 0.6) is 0 Å². The first kappa shape index (κ1) is 10.5. The van der Waals surface area contributed by atoms with Crippen molar-refractivity contribution in [2.75, 3.05) is 0 Å². The van der Waals surface area contributed by atoms with Crippen molar-refractivity contribution >= 4 is 6.21 Å². The molecule has 0 bridgehead atoms. The fourth-order valence-electron chi connectivity index (χ4n) is 1.66. The molecule has 0 fully saturated rings. The molecule has 0 unspecified atom stereocenters. The molecule has 0 amide bonds. The average molecular weight is 179 g/mol. The topological polar surface area (TPSA) is 12.4 Å². The molecule has 74 valence electrons. The van der Waals surface area contributed by atoms with Gasteiger partial charge in [-0.2, -0.15) is 0 Å². The average Bonchev–Trinajstić information content (AvgIpc) is 2.63. The normalized spacial score (nSPS) is 15.0. The lowest BCUT2D eigenvalue weighted by Crippen LogP contribution is -1.80. The van der Waals surface area contributed by atoms with Crippen molar-refractivity contribution in [1.82, 2.24) is 0 Å². The molecule has 0 aromatic rings. The first-order valence-electron chi connectivity index (χ1n) is 5.65. The third kappa shape index (κ3) is 4.87. The minimum absolute atomic E-state index is 1.06. The molecule has 0 N–H and O–H groups in total. The Hall–Kier alpha value is -0.590. The van der Waals surface area contributed by atoms with Crippen molar-refractivity contribution in [2.45, 2.75) is 58.3 Å². The Bertz CT molecular complexity index is 180. The number of aliphatic imine (C=N–C) groups is 1. The number of unbranched alkanes of at least 4 members (excludes halogenated alkanes) is 5. The van der Waals surface area contributed by atoms with Gasteiger partial charge in [-0.25, -0.2) is 0 Å². The molecule has 1 rings (SSSR count). The van der Waals surface area contributed by atoms with Gasteiger partial charge in [-0.15, -0.1) is 0 Å². The quantitative estimate of drug-likeness (QED) is 0.522. The molecule has 13 heavy (non-hydrogen) atoms. The molecule has 0 aromatic heterocycles. The molecule has 0 saturated heterocycles. The maximum Gasteiger partial charge on any atom is 0.0363 e. The second-order valence-corrected chi connectivity index (χ2v) is 3.76. The molecule has 1 aliphatic rings. The van der Waals surface area contributed by atoms with E-state index in [-0.39, 0.29) is 0 Å². The fraction of sp³-hybridized carbons (Fsp3) is 0.750. The van der Waals surface area contributed by atoms with E-state index in [2.05, 4.69) is 18.0 Å². The summed E-state index contributed by atoms with van der Waals surface area (Å²) in [5.41, 5.74) is 1.32. The van der Waals surface area contributed by atoms with Crippen molar-refractivity contribution in [3.63, 3.8) is 0 Å². The van der Waals surface area contributed by atoms with E-state index in [0.717, 1.165) is 6.42 Å². The minimum atomic E-state index is 1.06. The van der Waals surface area contributed by atoms with Crippen LogP contribution >= 0.6 is 0 Å². The number of allylic oxidation sites excluding steroid dienone is 2. The van der Waals surface area contributed by atoms with Crippen molar-refractivity contribution < 1.29 is 0 Å². The molecule has 0 aromatic carbocycles. The van der Waals surface area contributed by atoms with Crippen LogP contribution in [0.1, 0.15) is 58.3 Å². The maximum absolute atomic E-state index is 4.31. The van der Waals surface area contributed by atoms with Crippen molar-refractivity contribution in [3.05, 3.63) is 11.8 Å². The van der Waals surface area contributed by atoms with Crippen molar-refractivity contribution in [2.24, 2.45) is 4.99 Å². The van der Waals surface area contributed by atoms with E-state index in [1.807, 2.05) is 6.21 Å². The number of hydrogen-bond donors (Lipinski definition) is 0. The van der Waals surface area contributed by atoms with Gasteiger partial charge in [0.1, 0.15) is 0 Å². The van der Waals surface area contributed by atoms with Gasteiger partial charge in [-0.3, -0.25) is 4.99 Å². The lowest BCUT2D eigenvalue weighted by Gasteiger charge is -1.99. The molecule has 0 saturated carbocycles. The summed E-state index contributed by atoms with van der Waals surface area (Å²) in [6.07, 6.45) is 14.8. The van der Waals surface area contributed by atoms with Crippen LogP contribution in [-0.2, 0) is 0 Å². The van der Waals surface area contributed by atoms with Crippen LogP contribution in [0.15, 0.2) is 16.8 Å². The van der Waals surface area contributed by atoms with E-state index in [1.165, 1.54) is 50.6 Å². The van der Waals surface area contributed by atoms with Gasteiger partial charge in [-0.1, -0.05) is 45.1 Å². The van der Waals surface area contributed by atoms with Gasteiger partial charge >= 0.3 is 0 Å². The van der Waals surface area contributed by atoms with E-state index in [4.69, 9.17) is 0 Å². The summed E-state index contributed by atoms with van der Waals surface area (Å²) in [5, 5.41) is 0. The number of nitrogens with zero attached hydrogens (tertiary/aromatic N) is 1. The van der Waals surface area contributed by atoms with Gasteiger partial charge in [-0.05, 0) is 12.8 Å². The van der Waals surface area contributed by atoms with Gasteiger partial charge in [0, 0.05) is 18.3 Å². The van der Waals surface area contributed by atoms with Crippen molar-refractivity contribution in [3.8, 4) is 0 Å². The monoisotopic (exact) mass is 179 g/mol. The summed E-state index contributed by atoms with van der Waals surface area (Å²) in [6.45, 7) is 2.26. The van der Waals surface area contributed by atoms with Crippen LogP contribution in [0.2, 0.25) is 0 Å². The third-order valence-electron chi connectivity index (χ3n) is 2.50. The van der Waals surface area contributed by atoms with Crippen molar-refractivity contribution in [1.29, 1.82) is 0 Å². The number of hydrogen-bond acceptors (Lipinski definition) is 1. The van der Waals surface area contributed by atoms with Gasteiger partial charge in [0.25, 0.3) is 0 Å². The molecule has 1 nitrogen and oxygen atoms in total. The Morgan fingerprint density at radius 2 is 1.92 bits per heavy atom. The molecule has 0 spiro atoms. The van der Waals surface area contributed by atoms with E-state index in [1.54, 1.807) is 0 Å². The third-order valence-corrected chi connectivity index (χ3v) is 2.50. The minimum Gasteiger partial charge on any atom is -0.266 e. The maximum atomic E-state index is 4.31. The first-order chi connectivity index (χ1) is 6.43. The SMILES string of the molecule is CCCCCCCCC1=CCC=N1. The van der Waals surface area contributed by atoms with Gasteiger partial charge in [0.05, 0.1) is 0 Å². The van der Waals surface area contributed by atoms with Gasteiger partial charge < -0.3 is 0 Å². The summed E-state index contributed by atoms with van der Waals surface area (Å²) in [7, 11) is 0.